The van der Waals surface area contributed by atoms with E-state index < -0.39 is 0 Å². The van der Waals surface area contributed by atoms with E-state index in [2.05, 4.69) is 25.8 Å². The van der Waals surface area contributed by atoms with Crippen LogP contribution in [-0.4, -0.2) is 27.8 Å². The molecule has 20 heavy (non-hydrogen) atoms. The minimum Gasteiger partial charge on any atom is -0.492 e. The molecule has 0 unspecified atom stereocenters. The van der Waals surface area contributed by atoms with E-state index in [9.17, 15) is 0 Å². The van der Waals surface area contributed by atoms with Gasteiger partial charge >= 0.3 is 0 Å². The van der Waals surface area contributed by atoms with Gasteiger partial charge in [-0.05, 0) is 31.9 Å². The molecule has 0 bridgehead atoms. The van der Waals surface area contributed by atoms with Crippen LogP contribution in [0.3, 0.4) is 0 Å². The van der Waals surface area contributed by atoms with Crippen molar-refractivity contribution >= 4 is 17.5 Å². The molecule has 3 rings (SSSR count). The molecular weight excluding hydrogens is 254 g/mol. The molecule has 1 aliphatic carbocycles. The van der Waals surface area contributed by atoms with E-state index in [4.69, 9.17) is 4.74 Å². The zero-order valence-electron chi connectivity index (χ0n) is 11.3. The van der Waals surface area contributed by atoms with Crippen LogP contribution >= 0.6 is 0 Å². The van der Waals surface area contributed by atoms with Crippen molar-refractivity contribution < 1.29 is 4.74 Å². The molecule has 1 aromatic heterocycles. The van der Waals surface area contributed by atoms with Crippen LogP contribution < -0.4 is 15.4 Å². The maximum absolute atomic E-state index is 5.56. The summed E-state index contributed by atoms with van der Waals surface area (Å²) in [5.74, 6) is 1.99. The minimum atomic E-state index is 0.461. The summed E-state index contributed by atoms with van der Waals surface area (Å²) in [6.45, 7) is 2.57. The lowest BCUT2D eigenvalue weighted by molar-refractivity contribution is 0.342. The number of nitrogens with zero attached hydrogens (tertiary/aromatic N) is 3. The highest BCUT2D eigenvalue weighted by molar-refractivity contribution is 5.62. The zero-order valence-corrected chi connectivity index (χ0v) is 11.3. The number of ether oxygens (including phenoxy) is 1. The third-order valence-corrected chi connectivity index (χ3v) is 2.92. The Morgan fingerprint density at radius 3 is 2.95 bits per heavy atom. The summed E-state index contributed by atoms with van der Waals surface area (Å²) >= 11 is 0. The molecule has 1 saturated carbocycles. The molecule has 1 aromatic carbocycles. The van der Waals surface area contributed by atoms with Crippen molar-refractivity contribution in [3.05, 3.63) is 30.5 Å². The average molecular weight is 271 g/mol. The number of nitrogens with one attached hydrogen (secondary N) is 2. The number of aromatic nitrogens is 3. The first kappa shape index (κ1) is 12.7. The van der Waals surface area contributed by atoms with Crippen molar-refractivity contribution in [1.29, 1.82) is 0 Å². The van der Waals surface area contributed by atoms with E-state index in [1.807, 2.05) is 31.2 Å². The van der Waals surface area contributed by atoms with Gasteiger partial charge in [-0.3, -0.25) is 0 Å². The summed E-state index contributed by atoms with van der Waals surface area (Å²) in [6.07, 6.45) is 4.03. The van der Waals surface area contributed by atoms with Gasteiger partial charge in [0.25, 0.3) is 0 Å². The normalized spacial score (nSPS) is 13.8. The summed E-state index contributed by atoms with van der Waals surface area (Å²) in [4.78, 5) is 4.40. The molecule has 0 radical (unpaired) electrons. The molecular formula is C14H17N5O. The van der Waals surface area contributed by atoms with E-state index in [-0.39, 0.29) is 0 Å². The molecule has 0 saturated heterocycles. The number of anilines is 3. The number of hydrogen-bond acceptors (Lipinski definition) is 6. The van der Waals surface area contributed by atoms with E-state index in [1.54, 1.807) is 6.20 Å². The van der Waals surface area contributed by atoms with Gasteiger partial charge in [-0.1, -0.05) is 12.1 Å². The molecule has 0 atom stereocenters. The van der Waals surface area contributed by atoms with Gasteiger partial charge in [-0.25, -0.2) is 0 Å². The number of benzene rings is 1. The molecule has 1 aliphatic rings. The number of para-hydroxylation sites is 2. The smallest absolute Gasteiger partial charge is 0.249 e. The van der Waals surface area contributed by atoms with E-state index in [0.717, 1.165) is 17.3 Å². The van der Waals surface area contributed by atoms with Crippen LogP contribution in [0.15, 0.2) is 30.5 Å². The van der Waals surface area contributed by atoms with Gasteiger partial charge < -0.3 is 15.4 Å². The first-order chi connectivity index (χ1) is 9.85. The fraction of sp³-hybridized carbons (Fsp3) is 0.357. The van der Waals surface area contributed by atoms with Crippen molar-refractivity contribution in [2.75, 3.05) is 17.2 Å². The minimum absolute atomic E-state index is 0.461. The molecule has 6 heteroatoms. The van der Waals surface area contributed by atoms with Crippen molar-refractivity contribution in [2.24, 2.45) is 0 Å². The highest BCUT2D eigenvalue weighted by Gasteiger charge is 2.21. The van der Waals surface area contributed by atoms with Crippen LogP contribution in [0.1, 0.15) is 19.8 Å². The maximum atomic E-state index is 5.56. The summed E-state index contributed by atoms with van der Waals surface area (Å²) in [5, 5.41) is 14.4. The average Bonchev–Trinajstić information content (AvgIpc) is 3.26. The summed E-state index contributed by atoms with van der Waals surface area (Å²) in [6, 6.07) is 8.24. The third-order valence-electron chi connectivity index (χ3n) is 2.92. The topological polar surface area (TPSA) is 72.0 Å². The van der Waals surface area contributed by atoms with Crippen LogP contribution in [-0.2, 0) is 0 Å². The Labute approximate surface area is 117 Å². The van der Waals surface area contributed by atoms with Crippen molar-refractivity contribution in [1.82, 2.24) is 15.2 Å². The Balaban J connectivity index is 1.76. The quantitative estimate of drug-likeness (QED) is 0.841. The predicted molar refractivity (Wildman–Crippen MR) is 77.4 cm³/mol. The zero-order chi connectivity index (χ0) is 13.8. The Kier molecular flexibility index (Phi) is 3.62. The van der Waals surface area contributed by atoms with E-state index in [1.165, 1.54) is 12.8 Å². The van der Waals surface area contributed by atoms with E-state index >= 15 is 0 Å². The fourth-order valence-corrected chi connectivity index (χ4v) is 1.83. The van der Waals surface area contributed by atoms with Gasteiger partial charge in [0, 0.05) is 6.04 Å². The van der Waals surface area contributed by atoms with Crippen LogP contribution in [0.25, 0.3) is 0 Å². The molecule has 0 spiro atoms. The number of hydrogen-bond donors (Lipinski definition) is 2. The maximum Gasteiger partial charge on any atom is 0.249 e. The van der Waals surface area contributed by atoms with Gasteiger partial charge in [-0.2, -0.15) is 10.1 Å². The standard InChI is InChI=1S/C14H17N5O/c1-2-20-12-6-4-3-5-11(12)17-14-18-13(9-15-19-14)16-10-7-8-10/h3-6,9-10H,2,7-8H2,1H3,(H2,16,17,18,19). The van der Waals surface area contributed by atoms with Crippen LogP contribution in [0, 0.1) is 0 Å². The summed E-state index contributed by atoms with van der Waals surface area (Å²) < 4.78 is 5.56. The second kappa shape index (κ2) is 5.73. The summed E-state index contributed by atoms with van der Waals surface area (Å²) in [5.41, 5.74) is 0.833. The van der Waals surface area contributed by atoms with Crippen molar-refractivity contribution in [2.45, 2.75) is 25.8 Å². The molecule has 0 amide bonds. The molecule has 1 heterocycles. The SMILES string of the molecule is CCOc1ccccc1Nc1nncc(NC2CC2)n1. The molecule has 2 N–H and O–H groups in total. The molecule has 2 aromatic rings. The predicted octanol–water partition coefficient (Wildman–Crippen LogP) is 2.59. The van der Waals surface area contributed by atoms with Gasteiger partial charge in [-0.15, -0.1) is 5.10 Å². The van der Waals surface area contributed by atoms with Crippen LogP contribution in [0.4, 0.5) is 17.5 Å². The first-order valence-corrected chi connectivity index (χ1v) is 6.80. The second-order valence-corrected chi connectivity index (χ2v) is 4.64. The lowest BCUT2D eigenvalue weighted by Gasteiger charge is -2.11. The first-order valence-electron chi connectivity index (χ1n) is 6.80. The van der Waals surface area contributed by atoms with Crippen LogP contribution in [0.2, 0.25) is 0 Å². The van der Waals surface area contributed by atoms with Crippen molar-refractivity contribution in [3.8, 4) is 5.75 Å². The van der Waals surface area contributed by atoms with Crippen LogP contribution in [0.5, 0.6) is 5.75 Å². The Morgan fingerprint density at radius 1 is 1.30 bits per heavy atom. The molecule has 6 nitrogen and oxygen atoms in total. The fourth-order valence-electron chi connectivity index (χ4n) is 1.83. The van der Waals surface area contributed by atoms with Gasteiger partial charge in [0.1, 0.15) is 5.75 Å². The molecule has 0 aliphatic heterocycles. The second-order valence-electron chi connectivity index (χ2n) is 4.64. The lowest BCUT2D eigenvalue weighted by atomic mass is 10.3. The largest absolute Gasteiger partial charge is 0.492 e. The van der Waals surface area contributed by atoms with Gasteiger partial charge in [0.2, 0.25) is 5.95 Å². The van der Waals surface area contributed by atoms with Crippen molar-refractivity contribution in [3.63, 3.8) is 0 Å². The monoisotopic (exact) mass is 271 g/mol. The lowest BCUT2D eigenvalue weighted by Crippen LogP contribution is -2.07. The highest BCUT2D eigenvalue weighted by atomic mass is 16.5. The Hall–Kier alpha value is -2.37. The molecule has 104 valence electrons. The Bertz CT molecular complexity index is 585. The summed E-state index contributed by atoms with van der Waals surface area (Å²) in [7, 11) is 0. The van der Waals surface area contributed by atoms with Gasteiger partial charge in [0.05, 0.1) is 18.5 Å². The Morgan fingerprint density at radius 2 is 2.15 bits per heavy atom. The number of rotatable bonds is 6. The van der Waals surface area contributed by atoms with Gasteiger partial charge in [0.15, 0.2) is 5.82 Å². The molecule has 1 fully saturated rings. The van der Waals surface area contributed by atoms with E-state index in [0.29, 0.717) is 18.6 Å². The third kappa shape index (κ3) is 3.14. The highest BCUT2D eigenvalue weighted by Crippen LogP contribution is 2.27.